The molecule has 0 aromatic carbocycles. The molecule has 0 saturated carbocycles. The van der Waals surface area contributed by atoms with Gasteiger partial charge < -0.3 is 4.74 Å². The van der Waals surface area contributed by atoms with Gasteiger partial charge in [0.25, 0.3) is 0 Å². The van der Waals surface area contributed by atoms with Crippen LogP contribution in [0, 0.1) is 0 Å². The number of hydrogen-bond donors (Lipinski definition) is 0. The summed E-state index contributed by atoms with van der Waals surface area (Å²) in [5, 5.41) is 0. The van der Waals surface area contributed by atoms with E-state index < -0.39 is 0 Å². The van der Waals surface area contributed by atoms with Gasteiger partial charge in [-0.05, 0) is 24.5 Å². The summed E-state index contributed by atoms with van der Waals surface area (Å²) in [7, 11) is 0. The Morgan fingerprint density at radius 3 is 2.92 bits per heavy atom. The van der Waals surface area contributed by atoms with Gasteiger partial charge in [-0.2, -0.15) is 0 Å². The second-order valence-corrected chi connectivity index (χ2v) is 2.70. The number of nitrogens with zero attached hydrogens (tertiary/aromatic N) is 1. The quantitative estimate of drug-likeness (QED) is 0.683. The zero-order chi connectivity index (χ0) is 8.81. The number of aryl methyl sites for hydroxylation is 1. The van der Waals surface area contributed by atoms with Gasteiger partial charge in [-0.25, -0.2) is 4.98 Å². The Morgan fingerprint density at radius 2 is 2.25 bits per heavy atom. The maximum Gasteiger partial charge on any atom is 0.213 e. The van der Waals surface area contributed by atoms with E-state index in [0.717, 1.165) is 25.3 Å². The summed E-state index contributed by atoms with van der Waals surface area (Å²) >= 11 is 0. The molecule has 0 fully saturated rings. The average Bonchev–Trinajstić information content (AvgIpc) is 2.15. The lowest BCUT2D eigenvalue weighted by Gasteiger charge is -2.03. The Morgan fingerprint density at radius 1 is 1.42 bits per heavy atom. The van der Waals surface area contributed by atoms with Gasteiger partial charge in [0.2, 0.25) is 5.88 Å². The SMILES string of the molecule is CCCOc1cc(CC)ccn1. The van der Waals surface area contributed by atoms with Crippen LogP contribution in [0.2, 0.25) is 0 Å². The minimum atomic E-state index is 0.746. The lowest BCUT2D eigenvalue weighted by molar-refractivity contribution is 0.305. The fourth-order valence-corrected chi connectivity index (χ4v) is 0.956. The normalized spacial score (nSPS) is 9.83. The summed E-state index contributed by atoms with van der Waals surface area (Å²) in [6, 6.07) is 4.01. The van der Waals surface area contributed by atoms with Crippen molar-refractivity contribution in [1.29, 1.82) is 0 Å². The van der Waals surface area contributed by atoms with E-state index in [1.54, 1.807) is 6.20 Å². The first-order valence-electron chi connectivity index (χ1n) is 4.44. The van der Waals surface area contributed by atoms with Gasteiger partial charge >= 0.3 is 0 Å². The number of hydrogen-bond acceptors (Lipinski definition) is 2. The second kappa shape index (κ2) is 4.75. The number of ether oxygens (including phenoxy) is 1. The number of rotatable bonds is 4. The summed E-state index contributed by atoms with van der Waals surface area (Å²) in [5.41, 5.74) is 1.27. The molecular formula is C10H15NO. The first kappa shape index (κ1) is 9.04. The topological polar surface area (TPSA) is 22.1 Å². The van der Waals surface area contributed by atoms with Gasteiger partial charge in [0, 0.05) is 12.3 Å². The lowest BCUT2D eigenvalue weighted by Crippen LogP contribution is -1.97. The van der Waals surface area contributed by atoms with Crippen molar-refractivity contribution in [3.63, 3.8) is 0 Å². The van der Waals surface area contributed by atoms with Crippen LogP contribution in [0.5, 0.6) is 5.88 Å². The van der Waals surface area contributed by atoms with Crippen molar-refractivity contribution < 1.29 is 4.74 Å². The van der Waals surface area contributed by atoms with Crippen LogP contribution in [0.4, 0.5) is 0 Å². The second-order valence-electron chi connectivity index (χ2n) is 2.70. The molecule has 2 nitrogen and oxygen atoms in total. The Kier molecular flexibility index (Phi) is 3.58. The molecule has 0 aliphatic carbocycles. The van der Waals surface area contributed by atoms with Crippen molar-refractivity contribution in [2.24, 2.45) is 0 Å². The van der Waals surface area contributed by atoms with Crippen LogP contribution < -0.4 is 4.74 Å². The van der Waals surface area contributed by atoms with E-state index in [-0.39, 0.29) is 0 Å². The molecule has 1 aromatic heterocycles. The standard InChI is InChI=1S/C10H15NO/c1-3-7-12-10-8-9(4-2)5-6-11-10/h5-6,8H,3-4,7H2,1-2H3. The molecule has 1 aromatic rings. The summed E-state index contributed by atoms with van der Waals surface area (Å²) in [6.07, 6.45) is 3.85. The van der Waals surface area contributed by atoms with Crippen molar-refractivity contribution in [3.05, 3.63) is 23.9 Å². The van der Waals surface area contributed by atoms with Gasteiger partial charge in [0.05, 0.1) is 6.61 Å². The van der Waals surface area contributed by atoms with Gasteiger partial charge in [-0.3, -0.25) is 0 Å². The molecule has 0 aliphatic heterocycles. The van der Waals surface area contributed by atoms with E-state index >= 15 is 0 Å². The number of pyridine rings is 1. The Balaban J connectivity index is 2.60. The predicted octanol–water partition coefficient (Wildman–Crippen LogP) is 2.43. The molecule has 1 heterocycles. The molecule has 0 atom stereocenters. The maximum absolute atomic E-state index is 5.39. The van der Waals surface area contributed by atoms with Gasteiger partial charge in [0.1, 0.15) is 0 Å². The Labute approximate surface area is 73.6 Å². The van der Waals surface area contributed by atoms with E-state index in [9.17, 15) is 0 Å². The Bertz CT molecular complexity index is 235. The summed E-state index contributed by atoms with van der Waals surface area (Å²) < 4.78 is 5.39. The first-order chi connectivity index (χ1) is 5.86. The molecule has 0 aliphatic rings. The maximum atomic E-state index is 5.39. The van der Waals surface area contributed by atoms with Crippen LogP contribution in [-0.4, -0.2) is 11.6 Å². The van der Waals surface area contributed by atoms with E-state index in [0.29, 0.717) is 0 Å². The van der Waals surface area contributed by atoms with Crippen LogP contribution in [0.15, 0.2) is 18.3 Å². The molecule has 0 amide bonds. The van der Waals surface area contributed by atoms with Crippen LogP contribution in [0.3, 0.4) is 0 Å². The van der Waals surface area contributed by atoms with Crippen LogP contribution >= 0.6 is 0 Å². The van der Waals surface area contributed by atoms with Crippen LogP contribution in [0.25, 0.3) is 0 Å². The van der Waals surface area contributed by atoms with Crippen molar-refractivity contribution in [1.82, 2.24) is 4.98 Å². The van der Waals surface area contributed by atoms with Crippen molar-refractivity contribution >= 4 is 0 Å². The highest BCUT2D eigenvalue weighted by Gasteiger charge is 1.94. The van der Waals surface area contributed by atoms with Crippen molar-refractivity contribution in [2.45, 2.75) is 26.7 Å². The third-order valence-electron chi connectivity index (χ3n) is 1.66. The third-order valence-corrected chi connectivity index (χ3v) is 1.66. The molecule has 12 heavy (non-hydrogen) atoms. The van der Waals surface area contributed by atoms with E-state index in [1.165, 1.54) is 5.56 Å². The average molecular weight is 165 g/mol. The molecule has 0 radical (unpaired) electrons. The van der Waals surface area contributed by atoms with Crippen LogP contribution in [-0.2, 0) is 6.42 Å². The molecular weight excluding hydrogens is 150 g/mol. The molecule has 2 heteroatoms. The van der Waals surface area contributed by atoms with Crippen molar-refractivity contribution in [3.8, 4) is 5.88 Å². The van der Waals surface area contributed by atoms with Gasteiger partial charge in [0.15, 0.2) is 0 Å². The largest absolute Gasteiger partial charge is 0.478 e. The van der Waals surface area contributed by atoms with E-state index in [1.807, 2.05) is 12.1 Å². The zero-order valence-corrected chi connectivity index (χ0v) is 7.71. The summed E-state index contributed by atoms with van der Waals surface area (Å²) in [5.74, 6) is 0.746. The number of aromatic nitrogens is 1. The fourth-order valence-electron chi connectivity index (χ4n) is 0.956. The molecule has 0 N–H and O–H groups in total. The smallest absolute Gasteiger partial charge is 0.213 e. The highest BCUT2D eigenvalue weighted by atomic mass is 16.5. The van der Waals surface area contributed by atoms with E-state index in [4.69, 9.17) is 4.74 Å². The Hall–Kier alpha value is -1.05. The van der Waals surface area contributed by atoms with Crippen molar-refractivity contribution in [2.75, 3.05) is 6.61 Å². The molecule has 1 rings (SSSR count). The fraction of sp³-hybridized carbons (Fsp3) is 0.500. The van der Waals surface area contributed by atoms with E-state index in [2.05, 4.69) is 18.8 Å². The third kappa shape index (κ3) is 2.53. The molecule has 0 bridgehead atoms. The zero-order valence-electron chi connectivity index (χ0n) is 7.71. The minimum Gasteiger partial charge on any atom is -0.478 e. The van der Waals surface area contributed by atoms with Gasteiger partial charge in [-0.1, -0.05) is 13.8 Å². The minimum absolute atomic E-state index is 0.746. The van der Waals surface area contributed by atoms with Crippen LogP contribution in [0.1, 0.15) is 25.8 Å². The predicted molar refractivity (Wildman–Crippen MR) is 49.4 cm³/mol. The molecule has 66 valence electrons. The molecule has 0 saturated heterocycles. The first-order valence-corrected chi connectivity index (χ1v) is 4.44. The molecule has 0 unspecified atom stereocenters. The lowest BCUT2D eigenvalue weighted by atomic mass is 10.2. The summed E-state index contributed by atoms with van der Waals surface area (Å²) in [4.78, 5) is 4.10. The van der Waals surface area contributed by atoms with Gasteiger partial charge in [-0.15, -0.1) is 0 Å². The highest BCUT2D eigenvalue weighted by molar-refractivity contribution is 5.20. The highest BCUT2D eigenvalue weighted by Crippen LogP contribution is 2.09. The summed E-state index contributed by atoms with van der Waals surface area (Å²) in [6.45, 7) is 4.96. The monoisotopic (exact) mass is 165 g/mol. The molecule has 0 spiro atoms.